The van der Waals surface area contributed by atoms with Crippen LogP contribution in [0.3, 0.4) is 0 Å². The quantitative estimate of drug-likeness (QED) is 0.205. The summed E-state index contributed by atoms with van der Waals surface area (Å²) in [4.78, 5) is 4.57. The second kappa shape index (κ2) is 9.31. The van der Waals surface area contributed by atoms with Crippen molar-refractivity contribution in [3.05, 3.63) is 90.1 Å². The molecule has 0 amide bonds. The zero-order chi connectivity index (χ0) is 23.5. The molecule has 34 heavy (non-hydrogen) atoms. The Morgan fingerprint density at radius 1 is 1.00 bits per heavy atom. The highest BCUT2D eigenvalue weighted by atomic mass is 32.1. The Balaban J connectivity index is 1.27. The van der Waals surface area contributed by atoms with E-state index in [0.29, 0.717) is 6.61 Å². The summed E-state index contributed by atoms with van der Waals surface area (Å²) in [5.41, 5.74) is 7.72. The number of aromatic nitrogens is 2. The molecule has 0 saturated heterocycles. The van der Waals surface area contributed by atoms with E-state index in [1.54, 1.807) is 11.3 Å². The number of nitrogens with zero attached hydrogens (tertiary/aromatic N) is 3. The van der Waals surface area contributed by atoms with Crippen LogP contribution in [0, 0.1) is 0 Å². The molecule has 5 aromatic rings. The van der Waals surface area contributed by atoms with Crippen LogP contribution in [0.5, 0.6) is 5.75 Å². The molecule has 3 aromatic carbocycles. The van der Waals surface area contributed by atoms with Crippen molar-refractivity contribution in [1.29, 1.82) is 0 Å². The molecule has 0 aliphatic rings. The summed E-state index contributed by atoms with van der Waals surface area (Å²) < 4.78 is 9.39. The van der Waals surface area contributed by atoms with E-state index in [0.717, 1.165) is 44.1 Å². The van der Waals surface area contributed by atoms with Gasteiger partial charge in [-0.3, -0.25) is 5.43 Å². The van der Waals surface area contributed by atoms with E-state index < -0.39 is 0 Å². The van der Waals surface area contributed by atoms with E-state index >= 15 is 0 Å². The molecule has 0 aliphatic heterocycles. The summed E-state index contributed by atoms with van der Waals surface area (Å²) in [6.45, 7) is 8.00. The zero-order valence-corrected chi connectivity index (χ0v) is 20.5. The third kappa shape index (κ3) is 4.82. The van der Waals surface area contributed by atoms with Crippen LogP contribution in [0.2, 0.25) is 0 Å². The van der Waals surface area contributed by atoms with Gasteiger partial charge in [0.25, 0.3) is 0 Å². The lowest BCUT2D eigenvalue weighted by Gasteiger charge is -2.19. The Bertz CT molecular complexity index is 1410. The van der Waals surface area contributed by atoms with Crippen molar-refractivity contribution in [1.82, 2.24) is 9.55 Å². The fourth-order valence-electron chi connectivity index (χ4n) is 3.95. The van der Waals surface area contributed by atoms with Gasteiger partial charge in [-0.1, -0.05) is 74.6 Å². The van der Waals surface area contributed by atoms with E-state index in [1.165, 1.54) is 5.56 Å². The van der Waals surface area contributed by atoms with Crippen LogP contribution in [-0.2, 0) is 12.0 Å². The molecule has 2 aromatic heterocycles. The number of anilines is 1. The van der Waals surface area contributed by atoms with Crippen molar-refractivity contribution < 1.29 is 4.74 Å². The first-order valence-electron chi connectivity index (χ1n) is 11.4. The molecule has 0 bridgehead atoms. The monoisotopic (exact) mass is 468 g/mol. The molecule has 0 saturated carbocycles. The molecule has 0 spiro atoms. The summed E-state index contributed by atoms with van der Waals surface area (Å²) in [7, 11) is 0. The molecule has 1 N–H and O–H groups in total. The Morgan fingerprint density at radius 3 is 2.56 bits per heavy atom. The van der Waals surface area contributed by atoms with E-state index in [4.69, 9.17) is 4.74 Å². The maximum Gasteiger partial charge on any atom is 0.204 e. The molecule has 6 heteroatoms. The third-order valence-electron chi connectivity index (χ3n) is 5.80. The van der Waals surface area contributed by atoms with Gasteiger partial charge in [0.05, 0.1) is 23.0 Å². The van der Waals surface area contributed by atoms with Gasteiger partial charge in [-0.2, -0.15) is 5.10 Å². The van der Waals surface area contributed by atoms with Crippen molar-refractivity contribution in [2.45, 2.75) is 32.7 Å². The first kappa shape index (κ1) is 22.2. The first-order chi connectivity index (χ1) is 16.5. The minimum Gasteiger partial charge on any atom is -0.492 e. The van der Waals surface area contributed by atoms with E-state index in [1.807, 2.05) is 24.4 Å². The van der Waals surface area contributed by atoms with Gasteiger partial charge in [0.1, 0.15) is 12.4 Å². The molecule has 172 valence electrons. The first-order valence-corrected chi connectivity index (χ1v) is 12.2. The molecule has 5 rings (SSSR count). The number of fused-ring (bicyclic) bond motifs is 2. The van der Waals surface area contributed by atoms with Gasteiger partial charge < -0.3 is 9.30 Å². The van der Waals surface area contributed by atoms with E-state index in [2.05, 4.69) is 102 Å². The number of hydrogen-bond acceptors (Lipinski definition) is 5. The van der Waals surface area contributed by atoms with Gasteiger partial charge >= 0.3 is 0 Å². The normalized spacial score (nSPS) is 12.1. The maximum atomic E-state index is 6.03. The summed E-state index contributed by atoms with van der Waals surface area (Å²) in [6, 6.07) is 24.9. The van der Waals surface area contributed by atoms with Crippen LogP contribution in [0.1, 0.15) is 31.9 Å². The maximum absolute atomic E-state index is 6.03. The third-order valence-corrected chi connectivity index (χ3v) is 6.74. The van der Waals surface area contributed by atoms with Crippen molar-refractivity contribution in [3.63, 3.8) is 0 Å². The highest BCUT2D eigenvalue weighted by molar-refractivity contribution is 7.22. The second-order valence-electron chi connectivity index (χ2n) is 9.27. The molecule has 0 unspecified atom stereocenters. The fraction of sp³-hybridized carbons (Fsp3) is 0.214. The summed E-state index contributed by atoms with van der Waals surface area (Å²) in [5.74, 6) is 0.895. The summed E-state index contributed by atoms with van der Waals surface area (Å²) in [6.07, 6.45) is 3.98. The molecule has 2 heterocycles. The second-order valence-corrected chi connectivity index (χ2v) is 10.3. The van der Waals surface area contributed by atoms with Gasteiger partial charge in [-0.15, -0.1) is 0 Å². The standard InChI is InChI=1S/C28H28N4OS/c1-28(2,3)21-12-14-22(15-13-21)33-17-16-32-19-20(23-8-4-6-10-25(23)32)18-29-31-27-30-24-9-5-7-11-26(24)34-27/h4-15,18-19H,16-17H2,1-3H3,(H,30,31). The SMILES string of the molecule is CC(C)(C)c1ccc(OCCn2cc(C=NNc3nc4ccccc4s3)c3ccccc32)cc1. The number of para-hydroxylation sites is 2. The fourth-order valence-corrected chi connectivity index (χ4v) is 4.77. The van der Waals surface area contributed by atoms with E-state index in [-0.39, 0.29) is 5.41 Å². The van der Waals surface area contributed by atoms with Gasteiger partial charge in [0.2, 0.25) is 5.13 Å². The predicted molar refractivity (Wildman–Crippen MR) is 143 cm³/mol. The topological polar surface area (TPSA) is 51.4 Å². The minimum absolute atomic E-state index is 0.141. The average molecular weight is 469 g/mol. The van der Waals surface area contributed by atoms with Gasteiger partial charge in [-0.05, 0) is 41.3 Å². The van der Waals surface area contributed by atoms with Gasteiger partial charge in [-0.25, -0.2) is 4.98 Å². The van der Waals surface area contributed by atoms with Crippen LogP contribution in [0.4, 0.5) is 5.13 Å². The number of hydrogen-bond donors (Lipinski definition) is 1. The largest absolute Gasteiger partial charge is 0.492 e. The average Bonchev–Trinajstić information content (AvgIpc) is 3.40. The molecular formula is C28H28N4OS. The Labute approximate surface area is 203 Å². The minimum atomic E-state index is 0.141. The summed E-state index contributed by atoms with van der Waals surface area (Å²) >= 11 is 1.59. The number of thiazole rings is 1. The highest BCUT2D eigenvalue weighted by Gasteiger charge is 2.13. The Hall–Kier alpha value is -3.64. The van der Waals surface area contributed by atoms with Crippen LogP contribution in [0.15, 0.2) is 84.1 Å². The lowest BCUT2D eigenvalue weighted by molar-refractivity contribution is 0.300. The number of ether oxygens (including phenoxy) is 1. The van der Waals surface area contributed by atoms with Crippen LogP contribution < -0.4 is 10.2 Å². The van der Waals surface area contributed by atoms with Crippen molar-refractivity contribution >= 4 is 43.8 Å². The van der Waals surface area contributed by atoms with Crippen molar-refractivity contribution in [2.75, 3.05) is 12.0 Å². The molecule has 0 atom stereocenters. The van der Waals surface area contributed by atoms with Crippen LogP contribution >= 0.6 is 11.3 Å². The highest BCUT2D eigenvalue weighted by Crippen LogP contribution is 2.26. The Kier molecular flexibility index (Phi) is 6.07. The number of rotatable bonds is 7. The Morgan fingerprint density at radius 2 is 1.76 bits per heavy atom. The van der Waals surface area contributed by atoms with Crippen LogP contribution in [-0.4, -0.2) is 22.4 Å². The molecular weight excluding hydrogens is 440 g/mol. The zero-order valence-electron chi connectivity index (χ0n) is 19.7. The summed E-state index contributed by atoms with van der Waals surface area (Å²) in [5, 5.41) is 6.40. The predicted octanol–water partition coefficient (Wildman–Crippen LogP) is 7.07. The molecule has 0 fully saturated rings. The molecule has 0 radical (unpaired) electrons. The number of hydrazone groups is 1. The van der Waals surface area contributed by atoms with Crippen LogP contribution in [0.25, 0.3) is 21.1 Å². The van der Waals surface area contributed by atoms with Gasteiger partial charge in [0, 0.05) is 22.7 Å². The molecule has 0 aliphatic carbocycles. The van der Waals surface area contributed by atoms with Crippen molar-refractivity contribution in [3.8, 4) is 5.75 Å². The number of benzene rings is 3. The smallest absolute Gasteiger partial charge is 0.204 e. The number of nitrogens with one attached hydrogen (secondary N) is 1. The lowest BCUT2D eigenvalue weighted by atomic mass is 9.87. The van der Waals surface area contributed by atoms with E-state index in [9.17, 15) is 0 Å². The van der Waals surface area contributed by atoms with Crippen molar-refractivity contribution in [2.24, 2.45) is 5.10 Å². The lowest BCUT2D eigenvalue weighted by Crippen LogP contribution is -2.11. The molecule has 5 nitrogen and oxygen atoms in total. The van der Waals surface area contributed by atoms with Gasteiger partial charge in [0.15, 0.2) is 0 Å².